The van der Waals surface area contributed by atoms with Gasteiger partial charge in [0.1, 0.15) is 0 Å². The minimum atomic E-state index is 0.721. The van der Waals surface area contributed by atoms with Gasteiger partial charge < -0.3 is 4.74 Å². The number of hydrogen-bond acceptors (Lipinski definition) is 1. The van der Waals surface area contributed by atoms with Crippen LogP contribution in [-0.4, -0.2) is 19.1 Å². The van der Waals surface area contributed by atoms with Crippen molar-refractivity contribution in [3.05, 3.63) is 0 Å². The van der Waals surface area contributed by atoms with Gasteiger partial charge in [0.25, 0.3) is 0 Å². The Hall–Kier alpha value is 0.250. The van der Waals surface area contributed by atoms with Gasteiger partial charge in [-0.1, -0.05) is 84.0 Å². The molecule has 0 radical (unpaired) electrons. The van der Waals surface area contributed by atoms with E-state index in [-0.39, 0.29) is 0 Å². The number of ether oxygens (including phenoxy) is 1. The summed E-state index contributed by atoms with van der Waals surface area (Å²) in [6, 6.07) is 0. The predicted octanol–water partition coefficient (Wildman–Crippen LogP) is 6.72. The van der Waals surface area contributed by atoms with Crippen LogP contribution in [0.1, 0.15) is 96.8 Å². The third-order valence-electron chi connectivity index (χ3n) is 3.81. The number of hydrogen-bond donors (Lipinski definition) is 0. The minimum absolute atomic E-state index is 0.721. The SMILES string of the molecule is CCCCCCCCCCCCCCCOCCCCl. The van der Waals surface area contributed by atoms with E-state index in [1.807, 2.05) is 0 Å². The number of halogens is 1. The van der Waals surface area contributed by atoms with Crippen LogP contribution >= 0.6 is 11.6 Å². The molecule has 0 fully saturated rings. The van der Waals surface area contributed by atoms with Crippen molar-refractivity contribution in [3.8, 4) is 0 Å². The highest BCUT2D eigenvalue weighted by Gasteiger charge is 1.94. The normalized spacial score (nSPS) is 11.1. The van der Waals surface area contributed by atoms with Gasteiger partial charge in [-0.2, -0.15) is 0 Å². The Balaban J connectivity index is 2.89. The fraction of sp³-hybridized carbons (Fsp3) is 1.00. The fourth-order valence-electron chi connectivity index (χ4n) is 2.48. The first kappa shape index (κ1) is 20.2. The molecule has 0 aromatic rings. The Labute approximate surface area is 132 Å². The molecule has 0 aromatic carbocycles. The van der Waals surface area contributed by atoms with Crippen molar-refractivity contribution in [2.75, 3.05) is 19.1 Å². The Bertz CT molecular complexity index is 143. The maximum atomic E-state index is 5.59. The molecule has 0 bridgehead atoms. The van der Waals surface area contributed by atoms with E-state index >= 15 is 0 Å². The van der Waals surface area contributed by atoms with Crippen molar-refractivity contribution < 1.29 is 4.74 Å². The molecule has 0 saturated carbocycles. The van der Waals surface area contributed by atoms with Gasteiger partial charge in [-0.15, -0.1) is 11.6 Å². The first-order valence-electron chi connectivity index (χ1n) is 9.05. The lowest BCUT2D eigenvalue weighted by Crippen LogP contribution is -1.97. The van der Waals surface area contributed by atoms with E-state index in [2.05, 4.69) is 6.92 Å². The molecule has 2 heteroatoms. The summed E-state index contributed by atoms with van der Waals surface area (Å²) in [4.78, 5) is 0. The summed E-state index contributed by atoms with van der Waals surface area (Å²) < 4.78 is 5.49. The number of rotatable bonds is 17. The lowest BCUT2D eigenvalue weighted by Gasteiger charge is -2.04. The van der Waals surface area contributed by atoms with Gasteiger partial charge in [-0.05, 0) is 12.8 Å². The van der Waals surface area contributed by atoms with E-state index in [0.29, 0.717) is 0 Å². The van der Waals surface area contributed by atoms with Crippen LogP contribution in [-0.2, 0) is 4.74 Å². The Kier molecular flexibility index (Phi) is 19.5. The van der Waals surface area contributed by atoms with Crippen molar-refractivity contribution in [2.24, 2.45) is 0 Å². The summed E-state index contributed by atoms with van der Waals surface area (Å²) in [5, 5.41) is 0. The first-order valence-corrected chi connectivity index (χ1v) is 9.59. The number of alkyl halides is 1. The average Bonchev–Trinajstić information content (AvgIpc) is 2.47. The zero-order valence-corrected chi connectivity index (χ0v) is 14.6. The average molecular weight is 305 g/mol. The molecule has 0 aliphatic rings. The molecule has 0 aromatic heterocycles. The van der Waals surface area contributed by atoms with Crippen LogP contribution < -0.4 is 0 Å². The molecule has 122 valence electrons. The summed E-state index contributed by atoms with van der Waals surface area (Å²) >= 11 is 5.59. The van der Waals surface area contributed by atoms with E-state index in [0.717, 1.165) is 25.5 Å². The molecular weight excluding hydrogens is 268 g/mol. The molecule has 0 amide bonds. The van der Waals surface area contributed by atoms with Crippen molar-refractivity contribution in [1.29, 1.82) is 0 Å². The van der Waals surface area contributed by atoms with Gasteiger partial charge in [-0.25, -0.2) is 0 Å². The standard InChI is InChI=1S/C18H37ClO/c1-2-3-4-5-6-7-8-9-10-11-12-13-14-17-20-18-15-16-19/h2-18H2,1H3. The highest BCUT2D eigenvalue weighted by molar-refractivity contribution is 6.17. The van der Waals surface area contributed by atoms with Crippen LogP contribution in [0.3, 0.4) is 0 Å². The molecule has 1 nitrogen and oxygen atoms in total. The lowest BCUT2D eigenvalue weighted by atomic mass is 10.0. The summed E-state index contributed by atoms with van der Waals surface area (Å²) in [5.41, 5.74) is 0. The van der Waals surface area contributed by atoms with Gasteiger partial charge in [0.2, 0.25) is 0 Å². The molecule has 0 rings (SSSR count). The molecule has 0 atom stereocenters. The summed E-state index contributed by atoms with van der Waals surface area (Å²) in [6.45, 7) is 4.04. The highest BCUT2D eigenvalue weighted by atomic mass is 35.5. The smallest absolute Gasteiger partial charge is 0.0477 e. The van der Waals surface area contributed by atoms with Crippen LogP contribution in [0, 0.1) is 0 Å². The maximum absolute atomic E-state index is 5.59. The second-order valence-corrected chi connectivity index (χ2v) is 6.28. The molecule has 0 aliphatic heterocycles. The van der Waals surface area contributed by atoms with Crippen LogP contribution in [0.15, 0.2) is 0 Å². The molecule has 20 heavy (non-hydrogen) atoms. The Morgan fingerprint density at radius 1 is 0.550 bits per heavy atom. The predicted molar refractivity (Wildman–Crippen MR) is 91.9 cm³/mol. The zero-order valence-electron chi connectivity index (χ0n) is 13.8. The molecule has 0 spiro atoms. The molecule has 0 saturated heterocycles. The van der Waals surface area contributed by atoms with Crippen molar-refractivity contribution in [3.63, 3.8) is 0 Å². The lowest BCUT2D eigenvalue weighted by molar-refractivity contribution is 0.131. The second-order valence-electron chi connectivity index (χ2n) is 5.90. The van der Waals surface area contributed by atoms with Gasteiger partial charge in [0.05, 0.1) is 0 Å². The summed E-state index contributed by atoms with van der Waals surface area (Å²) in [7, 11) is 0. The monoisotopic (exact) mass is 304 g/mol. The number of unbranched alkanes of at least 4 members (excludes halogenated alkanes) is 12. The van der Waals surface area contributed by atoms with E-state index in [1.165, 1.54) is 83.5 Å². The van der Waals surface area contributed by atoms with Crippen molar-refractivity contribution >= 4 is 11.6 Å². The quantitative estimate of drug-likeness (QED) is 0.214. The van der Waals surface area contributed by atoms with Gasteiger partial charge in [0, 0.05) is 19.1 Å². The summed E-state index contributed by atoms with van der Waals surface area (Å²) in [6.07, 6.45) is 19.3. The van der Waals surface area contributed by atoms with Crippen LogP contribution in [0.4, 0.5) is 0 Å². The molecule has 0 unspecified atom stereocenters. The van der Waals surface area contributed by atoms with Crippen molar-refractivity contribution in [1.82, 2.24) is 0 Å². The third-order valence-corrected chi connectivity index (χ3v) is 4.08. The largest absolute Gasteiger partial charge is 0.381 e. The van der Waals surface area contributed by atoms with E-state index in [9.17, 15) is 0 Å². The molecule has 0 N–H and O–H groups in total. The Morgan fingerprint density at radius 2 is 0.950 bits per heavy atom. The highest BCUT2D eigenvalue weighted by Crippen LogP contribution is 2.12. The second kappa shape index (κ2) is 19.2. The third kappa shape index (κ3) is 18.2. The fourth-order valence-corrected chi connectivity index (χ4v) is 2.59. The van der Waals surface area contributed by atoms with E-state index < -0.39 is 0 Å². The molecule has 0 aliphatic carbocycles. The summed E-state index contributed by atoms with van der Waals surface area (Å²) in [5.74, 6) is 0.721. The van der Waals surface area contributed by atoms with Crippen LogP contribution in [0.25, 0.3) is 0 Å². The first-order chi connectivity index (χ1) is 9.91. The van der Waals surface area contributed by atoms with Gasteiger partial charge >= 0.3 is 0 Å². The van der Waals surface area contributed by atoms with Gasteiger partial charge in [0.15, 0.2) is 0 Å². The molecule has 0 heterocycles. The maximum Gasteiger partial charge on any atom is 0.0477 e. The van der Waals surface area contributed by atoms with Crippen LogP contribution in [0.5, 0.6) is 0 Å². The van der Waals surface area contributed by atoms with Gasteiger partial charge in [-0.3, -0.25) is 0 Å². The zero-order chi connectivity index (χ0) is 14.7. The topological polar surface area (TPSA) is 9.23 Å². The van der Waals surface area contributed by atoms with E-state index in [1.54, 1.807) is 0 Å². The van der Waals surface area contributed by atoms with Crippen LogP contribution in [0.2, 0.25) is 0 Å². The van der Waals surface area contributed by atoms with Crippen molar-refractivity contribution in [2.45, 2.75) is 96.8 Å². The Morgan fingerprint density at radius 3 is 1.40 bits per heavy atom. The minimum Gasteiger partial charge on any atom is -0.381 e. The molecular formula is C18H37ClO. The van der Waals surface area contributed by atoms with E-state index in [4.69, 9.17) is 16.3 Å².